The van der Waals surface area contributed by atoms with Crippen molar-refractivity contribution in [3.63, 3.8) is 0 Å². The molecule has 5 nitrogen and oxygen atoms in total. The van der Waals surface area contributed by atoms with Crippen LogP contribution in [-0.4, -0.2) is 24.0 Å². The van der Waals surface area contributed by atoms with E-state index in [1.165, 1.54) is 7.11 Å². The number of carbonyl (C=O) groups is 2. The second kappa shape index (κ2) is 7.10. The Labute approximate surface area is 111 Å². The van der Waals surface area contributed by atoms with Gasteiger partial charge in [-0.25, -0.2) is 4.98 Å². The van der Waals surface area contributed by atoms with E-state index in [1.54, 1.807) is 11.3 Å². The third kappa shape index (κ3) is 4.83. The molecule has 0 bridgehead atoms. The maximum Gasteiger partial charge on any atom is 0.306 e. The Morgan fingerprint density at radius 2 is 2.17 bits per heavy atom. The highest BCUT2D eigenvalue weighted by molar-refractivity contribution is 7.09. The van der Waals surface area contributed by atoms with E-state index < -0.39 is 0 Å². The van der Waals surface area contributed by atoms with Gasteiger partial charge in [-0.1, -0.05) is 13.8 Å². The molecule has 1 amide bonds. The Morgan fingerprint density at radius 1 is 1.44 bits per heavy atom. The van der Waals surface area contributed by atoms with Crippen LogP contribution >= 0.6 is 11.3 Å². The topological polar surface area (TPSA) is 68.3 Å². The van der Waals surface area contributed by atoms with Crippen molar-refractivity contribution in [1.82, 2.24) is 10.3 Å². The first-order valence-corrected chi connectivity index (χ1v) is 6.68. The lowest BCUT2D eigenvalue weighted by Gasteiger charge is -2.02. The van der Waals surface area contributed by atoms with Gasteiger partial charge in [-0.3, -0.25) is 9.59 Å². The smallest absolute Gasteiger partial charge is 0.306 e. The third-order valence-electron chi connectivity index (χ3n) is 2.31. The molecule has 18 heavy (non-hydrogen) atoms. The van der Waals surface area contributed by atoms with Gasteiger partial charge in [-0.05, 0) is 0 Å². The highest BCUT2D eigenvalue weighted by Gasteiger charge is 2.09. The number of hydrogen-bond donors (Lipinski definition) is 1. The van der Waals surface area contributed by atoms with Crippen molar-refractivity contribution in [2.24, 2.45) is 0 Å². The van der Waals surface area contributed by atoms with Gasteiger partial charge in [0.05, 0.1) is 30.8 Å². The number of thiazole rings is 1. The third-order valence-corrected chi connectivity index (χ3v) is 3.51. The molecular formula is C12H18N2O3S. The molecule has 0 fully saturated rings. The van der Waals surface area contributed by atoms with Gasteiger partial charge < -0.3 is 10.1 Å². The van der Waals surface area contributed by atoms with Gasteiger partial charge in [0, 0.05) is 17.7 Å². The van der Waals surface area contributed by atoms with Crippen LogP contribution in [0.15, 0.2) is 5.38 Å². The number of rotatable bonds is 6. The minimum Gasteiger partial charge on any atom is -0.469 e. The van der Waals surface area contributed by atoms with Crippen molar-refractivity contribution < 1.29 is 14.3 Å². The number of nitrogens with one attached hydrogen (secondary N) is 1. The zero-order valence-corrected chi connectivity index (χ0v) is 11.7. The molecule has 0 aliphatic carbocycles. The van der Waals surface area contributed by atoms with E-state index in [9.17, 15) is 9.59 Å². The predicted octanol–water partition coefficient (Wildman–Crippen LogP) is 1.84. The highest BCUT2D eigenvalue weighted by Crippen LogP contribution is 2.18. The molecule has 0 aliphatic heterocycles. The van der Waals surface area contributed by atoms with Crippen molar-refractivity contribution in [3.8, 4) is 0 Å². The van der Waals surface area contributed by atoms with Crippen LogP contribution in [0.3, 0.4) is 0 Å². The molecule has 0 spiro atoms. The largest absolute Gasteiger partial charge is 0.469 e. The molecule has 1 aromatic rings. The van der Waals surface area contributed by atoms with Crippen LogP contribution in [0.25, 0.3) is 0 Å². The van der Waals surface area contributed by atoms with Crippen LogP contribution in [0.2, 0.25) is 0 Å². The van der Waals surface area contributed by atoms with Gasteiger partial charge >= 0.3 is 5.97 Å². The van der Waals surface area contributed by atoms with Gasteiger partial charge in [0.1, 0.15) is 0 Å². The van der Waals surface area contributed by atoms with Gasteiger partial charge in [0.25, 0.3) is 0 Å². The summed E-state index contributed by atoms with van der Waals surface area (Å²) in [6.07, 6.45) is 0.254. The first-order chi connectivity index (χ1) is 8.52. The second-order valence-corrected chi connectivity index (χ2v) is 5.07. The number of carbonyl (C=O) groups excluding carboxylic acids is 2. The summed E-state index contributed by atoms with van der Waals surface area (Å²) in [6.45, 7) is 4.57. The van der Waals surface area contributed by atoms with E-state index in [0.717, 1.165) is 10.7 Å². The molecule has 1 N–H and O–H groups in total. The minimum absolute atomic E-state index is 0.108. The summed E-state index contributed by atoms with van der Waals surface area (Å²) >= 11 is 1.59. The Hall–Kier alpha value is -1.43. The van der Waals surface area contributed by atoms with Gasteiger partial charge in [-0.15, -0.1) is 11.3 Å². The molecular weight excluding hydrogens is 252 g/mol. The molecule has 0 aliphatic rings. The summed E-state index contributed by atoms with van der Waals surface area (Å²) in [7, 11) is 1.31. The molecule has 1 aromatic heterocycles. The molecule has 100 valence electrons. The molecule has 1 rings (SSSR count). The number of hydrogen-bond acceptors (Lipinski definition) is 5. The number of nitrogens with zero attached hydrogens (tertiary/aromatic N) is 1. The van der Waals surface area contributed by atoms with E-state index in [2.05, 4.69) is 28.9 Å². The first kappa shape index (κ1) is 14.6. The van der Waals surface area contributed by atoms with Crippen LogP contribution in [0.5, 0.6) is 0 Å². The molecule has 0 aromatic carbocycles. The maximum atomic E-state index is 11.4. The van der Waals surface area contributed by atoms with Crippen LogP contribution in [-0.2, 0) is 20.9 Å². The van der Waals surface area contributed by atoms with Crippen molar-refractivity contribution in [3.05, 3.63) is 16.1 Å². The fraction of sp³-hybridized carbons (Fsp3) is 0.583. The van der Waals surface area contributed by atoms with E-state index in [1.807, 2.05) is 5.38 Å². The fourth-order valence-corrected chi connectivity index (χ4v) is 2.10. The summed E-state index contributed by atoms with van der Waals surface area (Å²) < 4.78 is 4.46. The van der Waals surface area contributed by atoms with Gasteiger partial charge in [-0.2, -0.15) is 0 Å². The Morgan fingerprint density at radius 3 is 2.72 bits per heavy atom. The summed E-state index contributed by atoms with van der Waals surface area (Å²) in [6, 6.07) is 0. The SMILES string of the molecule is COC(=O)CCC(=O)NCc1csc(C(C)C)n1. The van der Waals surface area contributed by atoms with Crippen LogP contribution < -0.4 is 5.32 Å². The summed E-state index contributed by atoms with van der Waals surface area (Å²) in [5.41, 5.74) is 0.857. The molecule has 6 heteroatoms. The molecule has 0 unspecified atom stereocenters. The number of ether oxygens (including phenoxy) is 1. The number of esters is 1. The van der Waals surface area contributed by atoms with Crippen LogP contribution in [0, 0.1) is 0 Å². The Kier molecular flexibility index (Phi) is 5.77. The van der Waals surface area contributed by atoms with E-state index in [0.29, 0.717) is 12.5 Å². The van der Waals surface area contributed by atoms with Crippen molar-refractivity contribution in [2.45, 2.75) is 39.2 Å². The molecule has 0 saturated carbocycles. The summed E-state index contributed by atoms with van der Waals surface area (Å²) in [5, 5.41) is 5.73. The van der Waals surface area contributed by atoms with E-state index in [-0.39, 0.29) is 24.7 Å². The fourth-order valence-electron chi connectivity index (χ4n) is 1.26. The Bertz CT molecular complexity index is 415. The van der Waals surface area contributed by atoms with Crippen molar-refractivity contribution >= 4 is 23.2 Å². The quantitative estimate of drug-likeness (QED) is 0.801. The number of amides is 1. The van der Waals surface area contributed by atoms with E-state index in [4.69, 9.17) is 0 Å². The zero-order valence-electron chi connectivity index (χ0n) is 10.9. The average molecular weight is 270 g/mol. The van der Waals surface area contributed by atoms with Crippen molar-refractivity contribution in [2.75, 3.05) is 7.11 Å². The lowest BCUT2D eigenvalue weighted by Crippen LogP contribution is -2.23. The first-order valence-electron chi connectivity index (χ1n) is 5.80. The lowest BCUT2D eigenvalue weighted by molar-refractivity contribution is -0.142. The Balaban J connectivity index is 2.31. The second-order valence-electron chi connectivity index (χ2n) is 4.18. The van der Waals surface area contributed by atoms with Crippen LogP contribution in [0.4, 0.5) is 0 Å². The molecule has 0 saturated heterocycles. The average Bonchev–Trinajstić information content (AvgIpc) is 2.82. The predicted molar refractivity (Wildman–Crippen MR) is 69.3 cm³/mol. The van der Waals surface area contributed by atoms with Gasteiger partial charge in [0.15, 0.2) is 0 Å². The van der Waals surface area contributed by atoms with Crippen LogP contribution in [0.1, 0.15) is 43.3 Å². The zero-order chi connectivity index (χ0) is 13.5. The number of aromatic nitrogens is 1. The number of methoxy groups -OCH3 is 1. The maximum absolute atomic E-state index is 11.4. The summed E-state index contributed by atoms with van der Waals surface area (Å²) in [5.74, 6) is -0.140. The molecule has 0 radical (unpaired) electrons. The van der Waals surface area contributed by atoms with Gasteiger partial charge in [0.2, 0.25) is 5.91 Å². The highest BCUT2D eigenvalue weighted by atomic mass is 32.1. The van der Waals surface area contributed by atoms with E-state index >= 15 is 0 Å². The molecule has 0 atom stereocenters. The standard InChI is InChI=1S/C12H18N2O3S/c1-8(2)12-14-9(7-18-12)6-13-10(15)4-5-11(16)17-3/h7-8H,4-6H2,1-3H3,(H,13,15). The lowest BCUT2D eigenvalue weighted by atomic mass is 10.2. The normalized spacial score (nSPS) is 10.4. The van der Waals surface area contributed by atoms with Crippen molar-refractivity contribution in [1.29, 1.82) is 0 Å². The molecule has 1 heterocycles. The summed E-state index contributed by atoms with van der Waals surface area (Å²) in [4.78, 5) is 26.7. The minimum atomic E-state index is -0.374. The monoisotopic (exact) mass is 270 g/mol.